The first-order valence-electron chi connectivity index (χ1n) is 6.78. The summed E-state index contributed by atoms with van der Waals surface area (Å²) in [5.74, 6) is 1.55. The number of H-pyrrole nitrogens is 1. The van der Waals surface area contributed by atoms with E-state index in [1.807, 2.05) is 38.1 Å². The van der Waals surface area contributed by atoms with E-state index in [4.69, 9.17) is 0 Å². The van der Waals surface area contributed by atoms with Crippen LogP contribution < -0.4 is 5.32 Å². The van der Waals surface area contributed by atoms with E-state index in [0.29, 0.717) is 0 Å². The number of hydrogen-bond donors (Lipinski definition) is 2. The van der Waals surface area contributed by atoms with Crippen LogP contribution in [0.1, 0.15) is 21.4 Å². The van der Waals surface area contributed by atoms with Crippen LogP contribution in [0.2, 0.25) is 0 Å². The molecule has 0 spiro atoms. The van der Waals surface area contributed by atoms with Gasteiger partial charge in [-0.2, -0.15) is 5.10 Å². The number of nitrogens with zero attached hydrogens (tertiary/aromatic N) is 3. The van der Waals surface area contributed by atoms with Crippen molar-refractivity contribution in [2.75, 3.05) is 5.32 Å². The molecule has 0 saturated heterocycles. The number of benzene rings is 1. The molecule has 108 valence electrons. The van der Waals surface area contributed by atoms with Crippen molar-refractivity contribution in [3.8, 4) is 11.4 Å². The lowest BCUT2D eigenvalue weighted by Gasteiger charge is -2.05. The molecule has 21 heavy (non-hydrogen) atoms. The van der Waals surface area contributed by atoms with Crippen molar-refractivity contribution >= 4 is 17.0 Å². The van der Waals surface area contributed by atoms with Gasteiger partial charge in [0.1, 0.15) is 5.82 Å². The van der Waals surface area contributed by atoms with E-state index in [2.05, 4.69) is 32.4 Å². The van der Waals surface area contributed by atoms with Gasteiger partial charge >= 0.3 is 0 Å². The van der Waals surface area contributed by atoms with Crippen molar-refractivity contribution in [2.45, 2.75) is 27.3 Å². The fourth-order valence-electron chi connectivity index (χ4n) is 2.13. The van der Waals surface area contributed by atoms with Gasteiger partial charge in [-0.15, -0.1) is 11.3 Å². The molecule has 2 N–H and O–H groups in total. The van der Waals surface area contributed by atoms with E-state index >= 15 is 0 Å². The lowest BCUT2D eigenvalue weighted by molar-refractivity contribution is 1.04. The molecule has 3 aromatic rings. The highest BCUT2D eigenvalue weighted by atomic mass is 32.1. The third-order valence-electron chi connectivity index (χ3n) is 3.19. The molecule has 0 aliphatic carbocycles. The van der Waals surface area contributed by atoms with E-state index in [0.717, 1.165) is 40.1 Å². The van der Waals surface area contributed by atoms with Gasteiger partial charge in [0.2, 0.25) is 0 Å². The molecule has 5 nitrogen and oxygen atoms in total. The van der Waals surface area contributed by atoms with Gasteiger partial charge in [-0.25, -0.2) is 9.97 Å². The van der Waals surface area contributed by atoms with Crippen molar-refractivity contribution in [1.82, 2.24) is 20.2 Å². The van der Waals surface area contributed by atoms with Gasteiger partial charge in [0.05, 0.1) is 17.2 Å². The van der Waals surface area contributed by atoms with Crippen LogP contribution in [0.15, 0.2) is 24.3 Å². The summed E-state index contributed by atoms with van der Waals surface area (Å²) in [6, 6.07) is 8.14. The minimum Gasteiger partial charge on any atom is -0.380 e. The Balaban J connectivity index is 1.68. The minimum atomic E-state index is 0.730. The van der Waals surface area contributed by atoms with Crippen LogP contribution in [-0.2, 0) is 6.54 Å². The number of thiazole rings is 1. The summed E-state index contributed by atoms with van der Waals surface area (Å²) in [5, 5.41) is 11.5. The molecule has 0 saturated carbocycles. The Kier molecular flexibility index (Phi) is 3.70. The molecular formula is C15H17N5S. The molecule has 1 aromatic carbocycles. The van der Waals surface area contributed by atoms with Crippen molar-refractivity contribution in [2.24, 2.45) is 0 Å². The summed E-state index contributed by atoms with van der Waals surface area (Å²) in [6.07, 6.45) is 0. The maximum Gasteiger partial charge on any atom is 0.181 e. The molecule has 0 fully saturated rings. The van der Waals surface area contributed by atoms with Crippen LogP contribution in [0.5, 0.6) is 0 Å². The monoisotopic (exact) mass is 299 g/mol. The summed E-state index contributed by atoms with van der Waals surface area (Å²) in [6.45, 7) is 6.78. The van der Waals surface area contributed by atoms with E-state index in [1.54, 1.807) is 11.3 Å². The highest BCUT2D eigenvalue weighted by Crippen LogP contribution is 2.21. The quantitative estimate of drug-likeness (QED) is 0.774. The third kappa shape index (κ3) is 3.11. The first-order valence-corrected chi connectivity index (χ1v) is 7.59. The molecule has 0 atom stereocenters. The molecule has 6 heteroatoms. The van der Waals surface area contributed by atoms with E-state index < -0.39 is 0 Å². The number of aromatic amines is 1. The SMILES string of the molecule is Cc1nc(-c2ccc(NCc3sc(C)nc3C)cc2)n[nH]1. The van der Waals surface area contributed by atoms with E-state index in [1.165, 1.54) is 4.88 Å². The van der Waals surface area contributed by atoms with Crippen molar-refractivity contribution in [3.05, 3.63) is 45.7 Å². The molecule has 0 radical (unpaired) electrons. The Hall–Kier alpha value is -2.21. The Morgan fingerprint density at radius 2 is 1.86 bits per heavy atom. The zero-order valence-electron chi connectivity index (χ0n) is 12.3. The summed E-state index contributed by atoms with van der Waals surface area (Å²) in [7, 11) is 0. The second-order valence-electron chi connectivity index (χ2n) is 4.92. The van der Waals surface area contributed by atoms with Crippen molar-refractivity contribution in [1.29, 1.82) is 0 Å². The van der Waals surface area contributed by atoms with Gasteiger partial charge in [-0.3, -0.25) is 5.10 Å². The molecule has 0 aliphatic rings. The third-order valence-corrected chi connectivity index (χ3v) is 4.27. The standard InChI is InChI=1S/C15H17N5S/c1-9-14(21-11(3)17-9)8-16-13-6-4-12(5-7-13)15-18-10(2)19-20-15/h4-7,16H,8H2,1-3H3,(H,18,19,20). The highest BCUT2D eigenvalue weighted by Gasteiger charge is 2.06. The predicted molar refractivity (Wildman–Crippen MR) is 85.5 cm³/mol. The van der Waals surface area contributed by atoms with Crippen molar-refractivity contribution < 1.29 is 0 Å². The maximum absolute atomic E-state index is 4.44. The Morgan fingerprint density at radius 1 is 1.10 bits per heavy atom. The Labute approximate surface area is 127 Å². The van der Waals surface area contributed by atoms with Crippen LogP contribution in [0, 0.1) is 20.8 Å². The largest absolute Gasteiger partial charge is 0.380 e. The maximum atomic E-state index is 4.44. The van der Waals surface area contributed by atoms with Gasteiger partial charge in [0, 0.05) is 16.1 Å². The van der Waals surface area contributed by atoms with Gasteiger partial charge in [0.25, 0.3) is 0 Å². The minimum absolute atomic E-state index is 0.730. The molecule has 3 rings (SSSR count). The van der Waals surface area contributed by atoms with Crippen LogP contribution >= 0.6 is 11.3 Å². The second-order valence-corrected chi connectivity index (χ2v) is 6.20. The topological polar surface area (TPSA) is 66.5 Å². The zero-order valence-corrected chi connectivity index (χ0v) is 13.1. The number of nitrogens with one attached hydrogen (secondary N) is 2. The van der Waals surface area contributed by atoms with Crippen LogP contribution in [-0.4, -0.2) is 20.2 Å². The molecule has 2 aromatic heterocycles. The highest BCUT2D eigenvalue weighted by molar-refractivity contribution is 7.11. The first kappa shape index (κ1) is 13.8. The lowest BCUT2D eigenvalue weighted by Crippen LogP contribution is -1.98. The van der Waals surface area contributed by atoms with Crippen LogP contribution in [0.4, 0.5) is 5.69 Å². The summed E-state index contributed by atoms with van der Waals surface area (Å²) < 4.78 is 0. The molecule has 0 amide bonds. The second kappa shape index (κ2) is 5.65. The Morgan fingerprint density at radius 3 is 2.43 bits per heavy atom. The normalized spacial score (nSPS) is 10.8. The van der Waals surface area contributed by atoms with E-state index in [-0.39, 0.29) is 0 Å². The zero-order chi connectivity index (χ0) is 14.8. The number of anilines is 1. The fraction of sp³-hybridized carbons (Fsp3) is 0.267. The number of rotatable bonds is 4. The van der Waals surface area contributed by atoms with Crippen LogP contribution in [0.3, 0.4) is 0 Å². The molecule has 0 unspecified atom stereocenters. The molecule has 0 aliphatic heterocycles. The van der Waals surface area contributed by atoms with Gasteiger partial charge < -0.3 is 5.32 Å². The smallest absolute Gasteiger partial charge is 0.181 e. The first-order chi connectivity index (χ1) is 10.1. The Bertz CT molecular complexity index is 742. The van der Waals surface area contributed by atoms with Gasteiger partial charge in [-0.1, -0.05) is 0 Å². The molecular weight excluding hydrogens is 282 g/mol. The molecule has 0 bridgehead atoms. The van der Waals surface area contributed by atoms with Gasteiger partial charge in [-0.05, 0) is 45.0 Å². The van der Waals surface area contributed by atoms with Crippen LogP contribution in [0.25, 0.3) is 11.4 Å². The van der Waals surface area contributed by atoms with Gasteiger partial charge in [0.15, 0.2) is 5.82 Å². The summed E-state index contributed by atoms with van der Waals surface area (Å²) in [4.78, 5) is 10.0. The fourth-order valence-corrected chi connectivity index (χ4v) is 3.01. The van der Waals surface area contributed by atoms with E-state index in [9.17, 15) is 0 Å². The lowest BCUT2D eigenvalue weighted by atomic mass is 10.2. The average molecular weight is 299 g/mol. The van der Waals surface area contributed by atoms with Crippen molar-refractivity contribution in [3.63, 3.8) is 0 Å². The number of hydrogen-bond acceptors (Lipinski definition) is 5. The predicted octanol–water partition coefficient (Wildman–Crippen LogP) is 3.47. The average Bonchev–Trinajstić information content (AvgIpc) is 3.03. The number of aromatic nitrogens is 4. The number of aryl methyl sites for hydroxylation is 3. The summed E-state index contributed by atoms with van der Waals surface area (Å²) >= 11 is 1.74. The summed E-state index contributed by atoms with van der Waals surface area (Å²) in [5.41, 5.74) is 3.20. The molecule has 2 heterocycles.